The SMILES string of the molecule is CN(CC(F)F)C(=O)c1cc(-c2cc(-c3ccnn3C3CCOCC3)c3c(N)ncnn23)ccc1Cl. The molecule has 1 aliphatic heterocycles. The zero-order valence-electron chi connectivity index (χ0n) is 19.4. The molecule has 188 valence electrons. The summed E-state index contributed by atoms with van der Waals surface area (Å²) in [5, 5.41) is 9.14. The minimum absolute atomic E-state index is 0.114. The highest BCUT2D eigenvalue weighted by molar-refractivity contribution is 6.34. The number of aromatic nitrogens is 5. The van der Waals surface area contributed by atoms with Crippen LogP contribution >= 0.6 is 11.6 Å². The van der Waals surface area contributed by atoms with Gasteiger partial charge in [0.05, 0.1) is 34.6 Å². The van der Waals surface area contributed by atoms with Crippen LogP contribution in [-0.4, -0.2) is 68.4 Å². The van der Waals surface area contributed by atoms with Crippen LogP contribution in [0.4, 0.5) is 14.6 Å². The molecular weight excluding hydrogens is 492 g/mol. The molecule has 4 aromatic rings. The molecular formula is C24H24ClF2N7O2. The fraction of sp³-hybridized carbons (Fsp3) is 0.333. The monoisotopic (exact) mass is 515 g/mol. The number of hydrogen-bond donors (Lipinski definition) is 1. The van der Waals surface area contributed by atoms with Gasteiger partial charge in [-0.25, -0.2) is 18.3 Å². The van der Waals surface area contributed by atoms with Gasteiger partial charge in [0.1, 0.15) is 11.8 Å². The molecule has 1 fully saturated rings. The van der Waals surface area contributed by atoms with Gasteiger partial charge in [0, 0.05) is 37.6 Å². The second-order valence-electron chi connectivity index (χ2n) is 8.62. The molecule has 36 heavy (non-hydrogen) atoms. The van der Waals surface area contributed by atoms with Crippen molar-refractivity contribution in [1.29, 1.82) is 0 Å². The number of nitrogen functional groups attached to an aromatic ring is 1. The first-order chi connectivity index (χ1) is 17.3. The number of amides is 1. The van der Waals surface area contributed by atoms with E-state index in [1.807, 2.05) is 16.8 Å². The minimum atomic E-state index is -2.65. The summed E-state index contributed by atoms with van der Waals surface area (Å²) < 4.78 is 34.8. The highest BCUT2D eigenvalue weighted by Gasteiger charge is 2.25. The summed E-state index contributed by atoms with van der Waals surface area (Å²) in [7, 11) is 1.31. The predicted octanol–water partition coefficient (Wildman–Crippen LogP) is 4.18. The van der Waals surface area contributed by atoms with E-state index in [1.165, 1.54) is 13.4 Å². The maximum atomic E-state index is 12.9. The zero-order chi connectivity index (χ0) is 25.4. The first kappa shape index (κ1) is 24.1. The predicted molar refractivity (Wildman–Crippen MR) is 131 cm³/mol. The summed E-state index contributed by atoms with van der Waals surface area (Å²) in [6, 6.07) is 8.89. The molecule has 1 aromatic carbocycles. The van der Waals surface area contributed by atoms with Gasteiger partial charge in [-0.15, -0.1) is 0 Å². The average molecular weight is 516 g/mol. The van der Waals surface area contributed by atoms with Crippen LogP contribution in [0.3, 0.4) is 0 Å². The number of ether oxygens (including phenoxy) is 1. The lowest BCUT2D eigenvalue weighted by Gasteiger charge is -2.24. The van der Waals surface area contributed by atoms with Crippen LogP contribution in [0.15, 0.2) is 42.9 Å². The summed E-state index contributed by atoms with van der Waals surface area (Å²) in [6.07, 6.45) is 2.12. The molecule has 0 saturated carbocycles. The standard InChI is InChI=1S/C24H24ClF2N7O2/c1-32(12-21(26)27)24(35)16-10-14(2-3-18(16)25)20-11-17(22-23(28)29-13-31-34(20)22)19-4-7-30-33(19)15-5-8-36-9-6-15/h2-4,7,10-11,13,15,21H,5-6,8-9,12H2,1H3,(H2,28,29,31). The van der Waals surface area contributed by atoms with Gasteiger partial charge in [-0.1, -0.05) is 17.7 Å². The maximum Gasteiger partial charge on any atom is 0.255 e. The Hall–Kier alpha value is -3.57. The van der Waals surface area contributed by atoms with Crippen molar-refractivity contribution < 1.29 is 18.3 Å². The van der Waals surface area contributed by atoms with Gasteiger partial charge in [0.15, 0.2) is 5.82 Å². The van der Waals surface area contributed by atoms with E-state index in [-0.39, 0.29) is 22.4 Å². The molecule has 5 rings (SSSR count). The minimum Gasteiger partial charge on any atom is -0.382 e. The van der Waals surface area contributed by atoms with E-state index in [4.69, 9.17) is 22.1 Å². The average Bonchev–Trinajstić information content (AvgIpc) is 3.50. The quantitative estimate of drug-likeness (QED) is 0.413. The van der Waals surface area contributed by atoms with E-state index in [9.17, 15) is 13.6 Å². The Bertz CT molecular complexity index is 1410. The van der Waals surface area contributed by atoms with Crippen LogP contribution in [0.25, 0.3) is 28.0 Å². The fourth-order valence-electron chi connectivity index (χ4n) is 4.56. The van der Waals surface area contributed by atoms with Gasteiger partial charge in [0.2, 0.25) is 0 Å². The van der Waals surface area contributed by atoms with Gasteiger partial charge in [0.25, 0.3) is 12.3 Å². The molecule has 12 heteroatoms. The number of nitrogens with zero attached hydrogens (tertiary/aromatic N) is 6. The van der Waals surface area contributed by atoms with Crippen molar-refractivity contribution in [2.75, 3.05) is 32.5 Å². The second kappa shape index (κ2) is 9.82. The molecule has 1 aliphatic rings. The van der Waals surface area contributed by atoms with Gasteiger partial charge in [-0.3, -0.25) is 9.48 Å². The first-order valence-corrected chi connectivity index (χ1v) is 11.8. The third-order valence-corrected chi connectivity index (χ3v) is 6.65. The highest BCUT2D eigenvalue weighted by Crippen LogP contribution is 2.37. The van der Waals surface area contributed by atoms with E-state index in [1.54, 1.807) is 28.9 Å². The van der Waals surface area contributed by atoms with Crippen molar-refractivity contribution in [2.24, 2.45) is 0 Å². The van der Waals surface area contributed by atoms with Gasteiger partial charge >= 0.3 is 0 Å². The number of rotatable bonds is 6. The van der Waals surface area contributed by atoms with E-state index in [2.05, 4.69) is 15.2 Å². The first-order valence-electron chi connectivity index (χ1n) is 11.4. The summed E-state index contributed by atoms with van der Waals surface area (Å²) in [4.78, 5) is 18.0. The number of carbonyl (C=O) groups excluding carboxylic acids is 1. The Balaban J connectivity index is 1.63. The lowest BCUT2D eigenvalue weighted by Crippen LogP contribution is -2.31. The number of halogens is 3. The van der Waals surface area contributed by atoms with Crippen LogP contribution < -0.4 is 5.73 Å². The van der Waals surface area contributed by atoms with Crippen molar-refractivity contribution in [1.82, 2.24) is 29.3 Å². The summed E-state index contributed by atoms with van der Waals surface area (Å²) in [5.41, 5.74) is 9.90. The van der Waals surface area contributed by atoms with Crippen LogP contribution in [0, 0.1) is 0 Å². The van der Waals surface area contributed by atoms with Crippen LogP contribution in [0.2, 0.25) is 5.02 Å². The molecule has 0 atom stereocenters. The summed E-state index contributed by atoms with van der Waals surface area (Å²) >= 11 is 6.29. The number of benzene rings is 1. The molecule has 2 N–H and O–H groups in total. The normalized spacial score (nSPS) is 14.6. The molecule has 4 heterocycles. The zero-order valence-corrected chi connectivity index (χ0v) is 20.2. The number of fused-ring (bicyclic) bond motifs is 1. The molecule has 1 saturated heterocycles. The Kier molecular flexibility index (Phi) is 6.59. The van der Waals surface area contributed by atoms with Crippen LogP contribution in [0.1, 0.15) is 29.2 Å². The maximum absolute atomic E-state index is 12.9. The molecule has 9 nitrogen and oxygen atoms in total. The lowest BCUT2D eigenvalue weighted by molar-refractivity contribution is 0.0620. The fourth-order valence-corrected chi connectivity index (χ4v) is 4.76. The summed E-state index contributed by atoms with van der Waals surface area (Å²) in [5.74, 6) is -0.317. The molecule has 1 amide bonds. The van der Waals surface area contributed by atoms with Crippen molar-refractivity contribution in [2.45, 2.75) is 25.3 Å². The smallest absolute Gasteiger partial charge is 0.255 e. The Labute approximate surface area is 210 Å². The molecule has 0 spiro atoms. The van der Waals surface area contributed by atoms with Gasteiger partial charge < -0.3 is 15.4 Å². The Morgan fingerprint density at radius 2 is 2.00 bits per heavy atom. The molecule has 0 bridgehead atoms. The van der Waals surface area contributed by atoms with Crippen LogP contribution in [-0.2, 0) is 4.74 Å². The third kappa shape index (κ3) is 4.40. The number of anilines is 1. The largest absolute Gasteiger partial charge is 0.382 e. The topological polar surface area (TPSA) is 104 Å². The number of nitrogens with two attached hydrogens (primary N) is 1. The van der Waals surface area contributed by atoms with Crippen molar-refractivity contribution in [3.8, 4) is 22.5 Å². The van der Waals surface area contributed by atoms with Gasteiger partial charge in [-0.05, 0) is 37.1 Å². The Morgan fingerprint density at radius 1 is 1.22 bits per heavy atom. The van der Waals surface area contributed by atoms with Crippen molar-refractivity contribution in [3.63, 3.8) is 0 Å². The Morgan fingerprint density at radius 3 is 2.75 bits per heavy atom. The number of hydrogen-bond acceptors (Lipinski definition) is 6. The second-order valence-corrected chi connectivity index (χ2v) is 9.03. The van der Waals surface area contributed by atoms with E-state index in [0.717, 1.165) is 29.0 Å². The molecule has 3 aromatic heterocycles. The molecule has 0 unspecified atom stereocenters. The highest BCUT2D eigenvalue weighted by atomic mass is 35.5. The number of alkyl halides is 2. The summed E-state index contributed by atoms with van der Waals surface area (Å²) in [6.45, 7) is 0.634. The third-order valence-electron chi connectivity index (χ3n) is 6.32. The van der Waals surface area contributed by atoms with E-state index < -0.39 is 18.9 Å². The van der Waals surface area contributed by atoms with Crippen molar-refractivity contribution >= 4 is 28.8 Å². The lowest BCUT2D eigenvalue weighted by atomic mass is 10.1. The van der Waals surface area contributed by atoms with Crippen molar-refractivity contribution in [3.05, 3.63) is 53.4 Å². The van der Waals surface area contributed by atoms with E-state index >= 15 is 0 Å². The number of carbonyl (C=O) groups is 1. The van der Waals surface area contributed by atoms with E-state index in [0.29, 0.717) is 30.0 Å². The molecule has 0 radical (unpaired) electrons. The molecule has 0 aliphatic carbocycles. The van der Waals surface area contributed by atoms with Crippen LogP contribution in [0.5, 0.6) is 0 Å². The van der Waals surface area contributed by atoms with Gasteiger partial charge in [-0.2, -0.15) is 10.2 Å².